The fourth-order valence-corrected chi connectivity index (χ4v) is 3.49. The molecule has 2 nitrogen and oxygen atoms in total. The van der Waals surface area contributed by atoms with Crippen molar-refractivity contribution in [1.29, 1.82) is 0 Å². The fourth-order valence-electron chi connectivity index (χ4n) is 3.49. The van der Waals surface area contributed by atoms with E-state index in [1.807, 2.05) is 0 Å². The van der Waals surface area contributed by atoms with Crippen LogP contribution in [0.3, 0.4) is 0 Å². The number of hydrogen-bond acceptors (Lipinski definition) is 2. The largest absolute Gasteiger partial charge is 0.306 e. The second kappa shape index (κ2) is 4.26. The van der Waals surface area contributed by atoms with E-state index in [0.717, 1.165) is 12.8 Å². The quantitative estimate of drug-likeness (QED) is 0.750. The summed E-state index contributed by atoms with van der Waals surface area (Å²) in [5, 5.41) is 3.66. The summed E-state index contributed by atoms with van der Waals surface area (Å²) in [4.78, 5) is 11.2. The Bertz CT molecular complexity index is 421. The lowest BCUT2D eigenvalue weighted by Crippen LogP contribution is -2.50. The maximum absolute atomic E-state index is 11.2. The maximum Gasteiger partial charge on any atom is 0.128 e. The number of aldehydes is 1. The molecule has 1 heterocycles. The molecule has 0 aromatic heterocycles. The first-order valence-electron chi connectivity index (χ1n) is 6.65. The van der Waals surface area contributed by atoms with Crippen molar-refractivity contribution in [2.45, 2.75) is 43.6 Å². The van der Waals surface area contributed by atoms with Crippen LogP contribution in [0.5, 0.6) is 0 Å². The molecule has 2 heteroatoms. The van der Waals surface area contributed by atoms with Crippen molar-refractivity contribution in [3.05, 3.63) is 35.4 Å². The molecule has 90 valence electrons. The van der Waals surface area contributed by atoms with Gasteiger partial charge in [0.25, 0.3) is 0 Å². The van der Waals surface area contributed by atoms with E-state index in [0.29, 0.717) is 0 Å². The molecule has 0 saturated heterocycles. The summed E-state index contributed by atoms with van der Waals surface area (Å²) in [6.45, 7) is 0.806. The van der Waals surface area contributed by atoms with Crippen LogP contribution in [-0.4, -0.2) is 12.8 Å². The highest BCUT2D eigenvalue weighted by molar-refractivity contribution is 5.65. The van der Waals surface area contributed by atoms with E-state index in [2.05, 4.69) is 29.6 Å². The van der Waals surface area contributed by atoms with Gasteiger partial charge in [-0.1, -0.05) is 43.5 Å². The molecule has 2 aliphatic rings. The first-order valence-corrected chi connectivity index (χ1v) is 6.65. The molecule has 1 saturated carbocycles. The van der Waals surface area contributed by atoms with Gasteiger partial charge in [0.2, 0.25) is 0 Å². The van der Waals surface area contributed by atoms with E-state index in [1.165, 1.54) is 43.2 Å². The number of carbonyl (C=O) groups is 1. The van der Waals surface area contributed by atoms with E-state index < -0.39 is 0 Å². The Kier molecular flexibility index (Phi) is 2.75. The monoisotopic (exact) mass is 229 g/mol. The van der Waals surface area contributed by atoms with Crippen molar-refractivity contribution < 1.29 is 4.79 Å². The Balaban J connectivity index is 2.06. The summed E-state index contributed by atoms with van der Waals surface area (Å²) in [7, 11) is 0. The second-order valence-corrected chi connectivity index (χ2v) is 5.35. The lowest BCUT2D eigenvalue weighted by molar-refractivity contribution is -0.109. The molecular weight excluding hydrogens is 210 g/mol. The minimum absolute atomic E-state index is 0.0405. The lowest BCUT2D eigenvalue weighted by Gasteiger charge is -2.44. The Morgan fingerprint density at radius 1 is 1.18 bits per heavy atom. The third kappa shape index (κ3) is 1.71. The third-order valence-corrected chi connectivity index (χ3v) is 4.41. The van der Waals surface area contributed by atoms with Gasteiger partial charge >= 0.3 is 0 Å². The Labute approximate surface area is 102 Å². The van der Waals surface area contributed by atoms with Gasteiger partial charge in [0, 0.05) is 12.1 Å². The van der Waals surface area contributed by atoms with Crippen molar-refractivity contribution >= 4 is 6.29 Å². The summed E-state index contributed by atoms with van der Waals surface area (Å²) in [6, 6.07) is 8.50. The zero-order valence-electron chi connectivity index (χ0n) is 10.1. The molecule has 1 fully saturated rings. The minimum atomic E-state index is 0.0405. The Hall–Kier alpha value is -1.15. The van der Waals surface area contributed by atoms with Crippen LogP contribution in [0.4, 0.5) is 0 Å². The van der Waals surface area contributed by atoms with E-state index in [4.69, 9.17) is 0 Å². The van der Waals surface area contributed by atoms with Gasteiger partial charge in [-0.2, -0.15) is 0 Å². The van der Waals surface area contributed by atoms with E-state index in [1.54, 1.807) is 0 Å². The molecule has 0 amide bonds. The maximum atomic E-state index is 11.2. The summed E-state index contributed by atoms with van der Waals surface area (Å²) in [5.74, 6) is 0.0405. The highest BCUT2D eigenvalue weighted by Gasteiger charge is 2.39. The number of benzene rings is 1. The van der Waals surface area contributed by atoms with Crippen LogP contribution in [-0.2, 0) is 10.3 Å². The summed E-state index contributed by atoms with van der Waals surface area (Å²) >= 11 is 0. The molecule has 1 unspecified atom stereocenters. The molecule has 1 aliphatic heterocycles. The van der Waals surface area contributed by atoms with Crippen molar-refractivity contribution in [1.82, 2.24) is 5.32 Å². The molecule has 17 heavy (non-hydrogen) atoms. The van der Waals surface area contributed by atoms with Gasteiger partial charge in [-0.15, -0.1) is 0 Å². The van der Waals surface area contributed by atoms with Crippen LogP contribution in [0.15, 0.2) is 24.3 Å². The molecular formula is C15H19NO. The summed E-state index contributed by atoms with van der Waals surface area (Å²) < 4.78 is 0. The molecule has 0 bridgehead atoms. The number of rotatable bonds is 1. The fraction of sp³-hybridized carbons (Fsp3) is 0.533. The van der Waals surface area contributed by atoms with Crippen LogP contribution in [0.25, 0.3) is 0 Å². The number of hydrogen-bond donors (Lipinski definition) is 1. The van der Waals surface area contributed by atoms with E-state index in [9.17, 15) is 4.79 Å². The lowest BCUT2D eigenvalue weighted by atomic mass is 9.71. The predicted octanol–water partition coefficient (Wildman–Crippen LogP) is 2.73. The highest BCUT2D eigenvalue weighted by Crippen LogP contribution is 2.42. The van der Waals surface area contributed by atoms with Gasteiger partial charge in [-0.25, -0.2) is 0 Å². The topological polar surface area (TPSA) is 29.1 Å². The van der Waals surface area contributed by atoms with Crippen molar-refractivity contribution in [3.63, 3.8) is 0 Å². The standard InChI is InChI=1S/C15H19NO/c17-11-12-10-16-15(8-4-1-5-9-15)14-7-3-2-6-13(12)14/h2-3,6-7,11-12,16H,1,4-5,8-10H2. The van der Waals surface area contributed by atoms with Gasteiger partial charge < -0.3 is 10.1 Å². The molecule has 1 spiro atoms. The molecule has 1 atom stereocenters. The van der Waals surface area contributed by atoms with Crippen LogP contribution in [0, 0.1) is 0 Å². The summed E-state index contributed by atoms with van der Waals surface area (Å²) in [6.07, 6.45) is 7.47. The van der Waals surface area contributed by atoms with Crippen LogP contribution in [0.1, 0.15) is 49.1 Å². The molecule has 3 rings (SSSR count). The SMILES string of the molecule is O=CC1CNC2(CCCCC2)c2ccccc21. The number of nitrogens with one attached hydrogen (secondary N) is 1. The Morgan fingerprint density at radius 3 is 2.71 bits per heavy atom. The molecule has 0 radical (unpaired) electrons. The van der Waals surface area contributed by atoms with Gasteiger partial charge in [-0.3, -0.25) is 0 Å². The predicted molar refractivity (Wildman–Crippen MR) is 68.0 cm³/mol. The van der Waals surface area contributed by atoms with Gasteiger partial charge in [0.1, 0.15) is 6.29 Å². The molecule has 1 aliphatic carbocycles. The van der Waals surface area contributed by atoms with Crippen LogP contribution >= 0.6 is 0 Å². The van der Waals surface area contributed by atoms with Crippen molar-refractivity contribution in [3.8, 4) is 0 Å². The zero-order valence-corrected chi connectivity index (χ0v) is 10.1. The second-order valence-electron chi connectivity index (χ2n) is 5.35. The Morgan fingerprint density at radius 2 is 1.94 bits per heavy atom. The normalized spacial score (nSPS) is 26.5. The molecule has 1 aromatic carbocycles. The van der Waals surface area contributed by atoms with E-state index in [-0.39, 0.29) is 11.5 Å². The molecule has 1 N–H and O–H groups in total. The van der Waals surface area contributed by atoms with Gasteiger partial charge in [0.15, 0.2) is 0 Å². The minimum Gasteiger partial charge on any atom is -0.306 e. The number of carbonyl (C=O) groups excluding carboxylic acids is 1. The first-order chi connectivity index (χ1) is 8.36. The average molecular weight is 229 g/mol. The van der Waals surface area contributed by atoms with Gasteiger partial charge in [0.05, 0.1) is 5.92 Å². The first kappa shape index (κ1) is 11.0. The van der Waals surface area contributed by atoms with E-state index >= 15 is 0 Å². The van der Waals surface area contributed by atoms with Crippen molar-refractivity contribution in [2.75, 3.05) is 6.54 Å². The van der Waals surface area contributed by atoms with Crippen LogP contribution in [0.2, 0.25) is 0 Å². The van der Waals surface area contributed by atoms with Gasteiger partial charge in [-0.05, 0) is 24.0 Å². The highest BCUT2D eigenvalue weighted by atomic mass is 16.1. The van der Waals surface area contributed by atoms with Crippen LogP contribution < -0.4 is 5.32 Å². The van der Waals surface area contributed by atoms with Crippen molar-refractivity contribution in [2.24, 2.45) is 0 Å². The average Bonchev–Trinajstić information content (AvgIpc) is 2.41. The summed E-state index contributed by atoms with van der Waals surface area (Å²) in [5.41, 5.74) is 2.79. The zero-order chi connectivity index (χ0) is 11.7. The third-order valence-electron chi connectivity index (χ3n) is 4.41. The molecule has 1 aromatic rings. The smallest absolute Gasteiger partial charge is 0.128 e. The number of fused-ring (bicyclic) bond motifs is 2.